The summed E-state index contributed by atoms with van der Waals surface area (Å²) in [7, 11) is 1.99. The van der Waals surface area contributed by atoms with Crippen LogP contribution < -0.4 is 0 Å². The van der Waals surface area contributed by atoms with Crippen LogP contribution in [0, 0.1) is 5.82 Å². The van der Waals surface area contributed by atoms with Crippen molar-refractivity contribution in [2.45, 2.75) is 12.5 Å². The number of carbonyl (C=O) groups is 2. The monoisotopic (exact) mass is 517 g/mol. The molecule has 4 heterocycles. The fourth-order valence-corrected chi connectivity index (χ4v) is 5.89. The van der Waals surface area contributed by atoms with Crippen LogP contribution >= 0.6 is 11.3 Å². The number of benzene rings is 2. The predicted molar refractivity (Wildman–Crippen MR) is 141 cm³/mol. The van der Waals surface area contributed by atoms with Crippen molar-refractivity contribution in [3.05, 3.63) is 87.8 Å². The summed E-state index contributed by atoms with van der Waals surface area (Å²) in [5.41, 5.74) is 6.12. The molecule has 0 aliphatic carbocycles. The van der Waals surface area contributed by atoms with Crippen LogP contribution in [0.2, 0.25) is 0 Å². The average molecular weight is 518 g/mol. The maximum atomic E-state index is 13.3. The fourth-order valence-electron chi connectivity index (χ4n) is 5.37. The van der Waals surface area contributed by atoms with Gasteiger partial charge in [0.2, 0.25) is 0 Å². The van der Waals surface area contributed by atoms with Crippen LogP contribution in [0.3, 0.4) is 0 Å². The second-order valence-electron chi connectivity index (χ2n) is 9.87. The quantitative estimate of drug-likeness (QED) is 0.406. The van der Waals surface area contributed by atoms with E-state index in [1.807, 2.05) is 47.2 Å². The van der Waals surface area contributed by atoms with Gasteiger partial charge in [-0.1, -0.05) is 18.2 Å². The van der Waals surface area contributed by atoms with E-state index in [1.54, 1.807) is 10.9 Å². The van der Waals surface area contributed by atoms with Gasteiger partial charge in [0.05, 0.1) is 5.51 Å². The molecule has 190 valence electrons. The van der Waals surface area contributed by atoms with Gasteiger partial charge in [0.15, 0.2) is 0 Å². The minimum Gasteiger partial charge on any atom is -0.350 e. The predicted octanol–water partition coefficient (Wildman–Crippen LogP) is 3.65. The van der Waals surface area contributed by atoms with Crippen LogP contribution in [-0.2, 0) is 13.5 Å². The minimum absolute atomic E-state index is 0.00297. The molecule has 0 saturated carbocycles. The number of halogens is 1. The molecular formula is C28H28FN5O2S. The number of rotatable bonds is 5. The lowest BCUT2D eigenvalue weighted by Gasteiger charge is -2.48. The molecule has 0 bridgehead atoms. The molecule has 37 heavy (non-hydrogen) atoms. The summed E-state index contributed by atoms with van der Waals surface area (Å²) in [4.78, 5) is 36.0. The Labute approximate surface area is 218 Å². The molecule has 0 unspecified atom stereocenters. The smallest absolute Gasteiger partial charge is 0.273 e. The summed E-state index contributed by atoms with van der Waals surface area (Å²) >= 11 is 1.43. The van der Waals surface area contributed by atoms with E-state index in [2.05, 4.69) is 20.6 Å². The Morgan fingerprint density at radius 2 is 1.76 bits per heavy atom. The van der Waals surface area contributed by atoms with E-state index in [-0.39, 0.29) is 17.6 Å². The third kappa shape index (κ3) is 4.65. The Bertz CT molecular complexity index is 1440. The highest BCUT2D eigenvalue weighted by Crippen LogP contribution is 2.27. The van der Waals surface area contributed by atoms with Crippen molar-refractivity contribution in [1.29, 1.82) is 0 Å². The van der Waals surface area contributed by atoms with Gasteiger partial charge in [-0.15, -0.1) is 11.3 Å². The van der Waals surface area contributed by atoms with Crippen LogP contribution in [0.5, 0.6) is 0 Å². The van der Waals surface area contributed by atoms with Crippen LogP contribution in [-0.4, -0.2) is 81.4 Å². The molecule has 2 saturated heterocycles. The molecule has 0 N–H and O–H groups in total. The summed E-state index contributed by atoms with van der Waals surface area (Å²) in [6.07, 6.45) is 2.79. The molecule has 0 atom stereocenters. The number of thiazole rings is 1. The Morgan fingerprint density at radius 1 is 1.00 bits per heavy atom. The molecule has 2 aliphatic rings. The highest BCUT2D eigenvalue weighted by molar-refractivity contribution is 7.07. The van der Waals surface area contributed by atoms with E-state index in [0.29, 0.717) is 49.9 Å². The first-order valence-corrected chi connectivity index (χ1v) is 13.4. The molecule has 2 fully saturated rings. The number of amides is 2. The van der Waals surface area contributed by atoms with Crippen LogP contribution in [0.25, 0.3) is 10.9 Å². The third-order valence-corrected chi connectivity index (χ3v) is 8.13. The van der Waals surface area contributed by atoms with E-state index in [9.17, 15) is 14.0 Å². The zero-order chi connectivity index (χ0) is 25.5. The van der Waals surface area contributed by atoms with Crippen molar-refractivity contribution >= 4 is 34.1 Å². The van der Waals surface area contributed by atoms with Crippen molar-refractivity contribution < 1.29 is 14.0 Å². The number of aromatic nitrogens is 2. The van der Waals surface area contributed by atoms with Crippen molar-refractivity contribution in [1.82, 2.24) is 24.3 Å². The minimum atomic E-state index is -0.234. The lowest BCUT2D eigenvalue weighted by Crippen LogP contribution is -2.64. The molecule has 2 aliphatic heterocycles. The maximum Gasteiger partial charge on any atom is 0.273 e. The van der Waals surface area contributed by atoms with Gasteiger partial charge in [-0.3, -0.25) is 14.5 Å². The van der Waals surface area contributed by atoms with Gasteiger partial charge in [-0.2, -0.15) is 0 Å². The zero-order valence-corrected chi connectivity index (χ0v) is 21.5. The molecule has 4 aromatic rings. The molecule has 6 rings (SSSR count). The normalized spacial score (nSPS) is 16.8. The summed E-state index contributed by atoms with van der Waals surface area (Å²) in [5.74, 6) is -0.179. The average Bonchev–Trinajstić information content (AvgIpc) is 3.53. The lowest BCUT2D eigenvalue weighted by molar-refractivity contribution is 0.00844. The summed E-state index contributed by atoms with van der Waals surface area (Å²) < 4.78 is 15.3. The number of likely N-dealkylation sites (tertiary alicyclic amines) is 1. The first-order valence-electron chi connectivity index (χ1n) is 12.5. The Morgan fingerprint density at radius 3 is 2.46 bits per heavy atom. The van der Waals surface area contributed by atoms with Crippen molar-refractivity contribution in [3.8, 4) is 0 Å². The second-order valence-corrected chi connectivity index (χ2v) is 10.6. The Hall–Kier alpha value is -3.56. The number of hydrogen-bond donors (Lipinski definition) is 0. The number of carbonyl (C=O) groups excluding carboxylic acids is 2. The molecule has 7 nitrogen and oxygen atoms in total. The molecule has 2 aromatic carbocycles. The standard InChI is InChI=1S/C28H28FN5O2S/c1-31-14-21(12-19-2-5-22(29)6-3-19)24-7-4-20(13-26(24)31)27(35)34-15-23(16-34)32-8-10-33(11-9-32)28(36)25-17-37-18-30-25/h2-7,13-14,17-18,23H,8-12,15-16H2,1H3. The van der Waals surface area contributed by atoms with Gasteiger partial charge in [0.1, 0.15) is 11.5 Å². The second kappa shape index (κ2) is 9.72. The summed E-state index contributed by atoms with van der Waals surface area (Å²) in [6, 6.07) is 12.8. The van der Waals surface area contributed by atoms with E-state index in [4.69, 9.17) is 0 Å². The summed E-state index contributed by atoms with van der Waals surface area (Å²) in [6.45, 7) is 4.42. The largest absolute Gasteiger partial charge is 0.350 e. The van der Waals surface area contributed by atoms with Gasteiger partial charge >= 0.3 is 0 Å². The first-order chi connectivity index (χ1) is 18.0. The Kier molecular flexibility index (Phi) is 6.26. The molecule has 0 radical (unpaired) electrons. The lowest BCUT2D eigenvalue weighted by atomic mass is 10.0. The van der Waals surface area contributed by atoms with E-state index in [1.165, 1.54) is 23.5 Å². The van der Waals surface area contributed by atoms with Crippen LogP contribution in [0.4, 0.5) is 4.39 Å². The number of fused-ring (bicyclic) bond motifs is 1. The highest BCUT2D eigenvalue weighted by atomic mass is 32.1. The number of hydrogen-bond acceptors (Lipinski definition) is 5. The molecular weight excluding hydrogens is 489 g/mol. The SMILES string of the molecule is Cn1cc(Cc2ccc(F)cc2)c2ccc(C(=O)N3CC(N4CCN(C(=O)c5cscn5)CC4)C3)cc21. The van der Waals surface area contributed by atoms with Gasteiger partial charge < -0.3 is 14.4 Å². The van der Waals surface area contributed by atoms with E-state index in [0.717, 1.165) is 35.1 Å². The van der Waals surface area contributed by atoms with Crippen LogP contribution in [0.15, 0.2) is 59.6 Å². The molecule has 0 spiro atoms. The van der Waals surface area contributed by atoms with Crippen molar-refractivity contribution in [2.24, 2.45) is 7.05 Å². The van der Waals surface area contributed by atoms with E-state index < -0.39 is 0 Å². The Balaban J connectivity index is 1.06. The summed E-state index contributed by atoms with van der Waals surface area (Å²) in [5, 5.41) is 2.90. The van der Waals surface area contributed by atoms with Crippen molar-refractivity contribution in [2.75, 3.05) is 39.3 Å². The van der Waals surface area contributed by atoms with Gasteiger partial charge in [-0.25, -0.2) is 9.37 Å². The van der Waals surface area contributed by atoms with Crippen molar-refractivity contribution in [3.63, 3.8) is 0 Å². The topological polar surface area (TPSA) is 61.7 Å². The third-order valence-electron chi connectivity index (χ3n) is 7.55. The molecule has 2 amide bonds. The first kappa shape index (κ1) is 23.8. The number of piperazine rings is 1. The van der Waals surface area contributed by atoms with Gasteiger partial charge in [0, 0.05) is 80.4 Å². The number of aryl methyl sites for hydroxylation is 1. The fraction of sp³-hybridized carbons (Fsp3) is 0.321. The number of nitrogens with zero attached hydrogens (tertiary/aromatic N) is 5. The molecule has 9 heteroatoms. The van der Waals surface area contributed by atoms with E-state index >= 15 is 0 Å². The highest BCUT2D eigenvalue weighted by Gasteiger charge is 2.37. The maximum absolute atomic E-state index is 13.3. The molecule has 2 aromatic heterocycles. The van der Waals surface area contributed by atoms with Gasteiger partial charge in [0.25, 0.3) is 11.8 Å². The zero-order valence-electron chi connectivity index (χ0n) is 20.6. The van der Waals surface area contributed by atoms with Crippen LogP contribution in [0.1, 0.15) is 32.0 Å². The van der Waals surface area contributed by atoms with Gasteiger partial charge in [-0.05, 0) is 41.8 Å².